The first-order valence-electron chi connectivity index (χ1n) is 11.7. The molecule has 0 spiro atoms. The minimum Gasteiger partial charge on any atom is -0.480 e. The number of amides is 1. The topological polar surface area (TPSA) is 94.6 Å². The first-order valence-corrected chi connectivity index (χ1v) is 11.7. The number of rotatable bonds is 9. The monoisotopic (exact) mass is 472 g/mol. The summed E-state index contributed by atoms with van der Waals surface area (Å²) < 4.78 is 29.4. The number of anilines is 1. The molecule has 9 heteroatoms. The zero-order chi connectivity index (χ0) is 24.1. The first kappa shape index (κ1) is 24.1. The van der Waals surface area contributed by atoms with E-state index in [9.17, 15) is 23.5 Å². The van der Waals surface area contributed by atoms with Gasteiger partial charge in [-0.05, 0) is 55.9 Å². The standard InChI is InChI=1S/C25H30F2N4O3/c26-25(27)16-31(14-12-21(24(33)34)30-23(32)18-5-2-1-3-6-18)15-19(25)9-11-20-10-8-17-7-4-13-28-22(17)29-20/h1-3,5-6,8,10,19,21H,4,7,9,11-16H2,(H,28,29)(H,30,32)(H,33,34). The zero-order valence-corrected chi connectivity index (χ0v) is 19.0. The summed E-state index contributed by atoms with van der Waals surface area (Å²) in [6.07, 6.45) is 2.87. The van der Waals surface area contributed by atoms with Gasteiger partial charge in [-0.25, -0.2) is 18.6 Å². The Morgan fingerprint density at radius 3 is 2.79 bits per heavy atom. The van der Waals surface area contributed by atoms with Crippen LogP contribution < -0.4 is 10.6 Å². The highest BCUT2D eigenvalue weighted by Gasteiger charge is 2.47. The molecule has 0 bridgehead atoms. The molecular weight excluding hydrogens is 442 g/mol. The van der Waals surface area contributed by atoms with Crippen molar-refractivity contribution in [2.24, 2.45) is 5.92 Å². The van der Waals surface area contributed by atoms with Crippen LogP contribution in [-0.4, -0.2) is 65.0 Å². The third-order valence-electron chi connectivity index (χ3n) is 6.58. The van der Waals surface area contributed by atoms with Crippen molar-refractivity contribution in [3.05, 3.63) is 59.3 Å². The maximum Gasteiger partial charge on any atom is 0.326 e. The Kier molecular flexibility index (Phi) is 7.41. The van der Waals surface area contributed by atoms with E-state index in [-0.39, 0.29) is 19.5 Å². The quantitative estimate of drug-likeness (QED) is 0.519. The molecule has 2 atom stereocenters. The van der Waals surface area contributed by atoms with Gasteiger partial charge in [0.15, 0.2) is 0 Å². The number of carboxylic acids is 1. The number of nitrogens with one attached hydrogen (secondary N) is 2. The fraction of sp³-hybridized carbons (Fsp3) is 0.480. The lowest BCUT2D eigenvalue weighted by Crippen LogP contribution is -2.43. The summed E-state index contributed by atoms with van der Waals surface area (Å²) in [5, 5.41) is 15.3. The minimum absolute atomic E-state index is 0.0504. The van der Waals surface area contributed by atoms with Gasteiger partial charge in [-0.2, -0.15) is 0 Å². The third kappa shape index (κ3) is 5.88. The van der Waals surface area contributed by atoms with Gasteiger partial charge in [-0.15, -0.1) is 0 Å². The number of fused-ring (bicyclic) bond motifs is 1. The van der Waals surface area contributed by atoms with E-state index in [4.69, 9.17) is 0 Å². The number of nitrogens with zero attached hydrogens (tertiary/aromatic N) is 2. The summed E-state index contributed by atoms with van der Waals surface area (Å²) in [6.45, 7) is 0.826. The second kappa shape index (κ2) is 10.5. The van der Waals surface area contributed by atoms with Crippen molar-refractivity contribution in [2.45, 2.75) is 44.1 Å². The highest BCUT2D eigenvalue weighted by Crippen LogP contribution is 2.36. The molecule has 2 aromatic rings. The maximum absolute atomic E-state index is 14.7. The molecule has 1 aromatic carbocycles. The Hall–Kier alpha value is -3.07. The SMILES string of the molecule is O=C(NC(CCN1CC(CCc2ccc3c(n2)NCCC3)C(F)(F)C1)C(=O)O)c1ccccc1. The smallest absolute Gasteiger partial charge is 0.326 e. The van der Waals surface area contributed by atoms with E-state index >= 15 is 0 Å². The number of carboxylic acid groups (broad SMARTS) is 1. The normalized spacial score (nSPS) is 20.2. The predicted molar refractivity (Wildman–Crippen MR) is 124 cm³/mol. The van der Waals surface area contributed by atoms with E-state index in [1.54, 1.807) is 35.2 Å². The van der Waals surface area contributed by atoms with E-state index in [0.717, 1.165) is 30.9 Å². The van der Waals surface area contributed by atoms with Gasteiger partial charge in [0.25, 0.3) is 11.8 Å². The Morgan fingerprint density at radius 1 is 1.24 bits per heavy atom. The zero-order valence-electron chi connectivity index (χ0n) is 19.0. The molecule has 3 heterocycles. The van der Waals surface area contributed by atoms with Crippen LogP contribution in [0.4, 0.5) is 14.6 Å². The number of aromatic nitrogens is 1. The fourth-order valence-corrected chi connectivity index (χ4v) is 4.64. The van der Waals surface area contributed by atoms with E-state index < -0.39 is 36.3 Å². The van der Waals surface area contributed by atoms with Crippen LogP contribution in [0, 0.1) is 5.92 Å². The average Bonchev–Trinajstić information content (AvgIpc) is 3.13. The number of pyridine rings is 1. The number of carbonyl (C=O) groups excluding carboxylic acids is 1. The van der Waals surface area contributed by atoms with Crippen LogP contribution in [0.5, 0.6) is 0 Å². The molecule has 1 aromatic heterocycles. The van der Waals surface area contributed by atoms with Gasteiger partial charge in [0.05, 0.1) is 6.54 Å². The van der Waals surface area contributed by atoms with Crippen LogP contribution in [0.2, 0.25) is 0 Å². The predicted octanol–water partition coefficient (Wildman–Crippen LogP) is 3.21. The van der Waals surface area contributed by atoms with Crippen LogP contribution in [0.25, 0.3) is 0 Å². The average molecular weight is 473 g/mol. The molecule has 2 unspecified atom stereocenters. The molecule has 2 aliphatic heterocycles. The molecular formula is C25H30F2N4O3. The maximum atomic E-state index is 14.7. The number of benzene rings is 1. The number of likely N-dealkylation sites (tertiary alicyclic amines) is 1. The summed E-state index contributed by atoms with van der Waals surface area (Å²) in [5.41, 5.74) is 2.32. The van der Waals surface area contributed by atoms with Crippen molar-refractivity contribution >= 4 is 17.7 Å². The largest absolute Gasteiger partial charge is 0.480 e. The van der Waals surface area contributed by atoms with E-state index in [0.29, 0.717) is 18.4 Å². The summed E-state index contributed by atoms with van der Waals surface area (Å²) in [7, 11) is 0. The van der Waals surface area contributed by atoms with Gasteiger partial charge in [0.1, 0.15) is 11.9 Å². The van der Waals surface area contributed by atoms with Crippen molar-refractivity contribution in [3.8, 4) is 0 Å². The van der Waals surface area contributed by atoms with Crippen molar-refractivity contribution in [1.29, 1.82) is 0 Å². The number of hydrogen-bond acceptors (Lipinski definition) is 5. The van der Waals surface area contributed by atoms with Crippen LogP contribution in [0.15, 0.2) is 42.5 Å². The van der Waals surface area contributed by atoms with Crippen LogP contribution in [0.1, 0.15) is 40.9 Å². The summed E-state index contributed by atoms with van der Waals surface area (Å²) in [5.74, 6) is -4.48. The van der Waals surface area contributed by atoms with Crippen molar-refractivity contribution in [2.75, 3.05) is 31.5 Å². The second-order valence-corrected chi connectivity index (χ2v) is 9.09. The number of aryl methyl sites for hydroxylation is 2. The molecule has 0 saturated carbocycles. The lowest BCUT2D eigenvalue weighted by molar-refractivity contribution is -0.139. The molecule has 34 heavy (non-hydrogen) atoms. The number of halogens is 2. The summed E-state index contributed by atoms with van der Waals surface area (Å²) in [6, 6.07) is 11.1. The van der Waals surface area contributed by atoms with Gasteiger partial charge in [0, 0.05) is 36.8 Å². The Bertz CT molecular complexity index is 1020. The minimum atomic E-state index is -2.85. The van der Waals surface area contributed by atoms with Gasteiger partial charge in [-0.1, -0.05) is 24.3 Å². The number of aliphatic carboxylic acids is 1. The number of carbonyl (C=O) groups is 2. The Morgan fingerprint density at radius 2 is 2.03 bits per heavy atom. The van der Waals surface area contributed by atoms with Crippen molar-refractivity contribution in [1.82, 2.24) is 15.2 Å². The molecule has 3 N–H and O–H groups in total. The second-order valence-electron chi connectivity index (χ2n) is 9.09. The molecule has 182 valence electrons. The Labute approximate surface area is 197 Å². The molecule has 4 rings (SSSR count). The van der Waals surface area contributed by atoms with Gasteiger partial charge in [0.2, 0.25) is 0 Å². The molecule has 0 radical (unpaired) electrons. The molecule has 1 saturated heterocycles. The van der Waals surface area contributed by atoms with Crippen LogP contribution in [-0.2, 0) is 17.6 Å². The van der Waals surface area contributed by atoms with E-state index in [2.05, 4.69) is 15.6 Å². The van der Waals surface area contributed by atoms with Crippen molar-refractivity contribution < 1.29 is 23.5 Å². The van der Waals surface area contributed by atoms with Crippen molar-refractivity contribution in [3.63, 3.8) is 0 Å². The molecule has 7 nitrogen and oxygen atoms in total. The number of alkyl halides is 2. The van der Waals surface area contributed by atoms with Crippen LogP contribution in [0.3, 0.4) is 0 Å². The van der Waals surface area contributed by atoms with Crippen LogP contribution >= 0.6 is 0 Å². The summed E-state index contributed by atoms with van der Waals surface area (Å²) >= 11 is 0. The molecule has 1 fully saturated rings. The van der Waals surface area contributed by atoms with Gasteiger partial charge >= 0.3 is 5.97 Å². The molecule has 2 aliphatic rings. The van der Waals surface area contributed by atoms with Gasteiger partial charge < -0.3 is 15.7 Å². The lowest BCUT2D eigenvalue weighted by Gasteiger charge is -2.19. The summed E-state index contributed by atoms with van der Waals surface area (Å²) in [4.78, 5) is 30.1. The van der Waals surface area contributed by atoms with Gasteiger partial charge in [-0.3, -0.25) is 9.69 Å². The highest BCUT2D eigenvalue weighted by molar-refractivity contribution is 5.96. The molecule has 0 aliphatic carbocycles. The fourth-order valence-electron chi connectivity index (χ4n) is 4.64. The molecule has 1 amide bonds. The third-order valence-corrected chi connectivity index (χ3v) is 6.58. The number of hydrogen-bond donors (Lipinski definition) is 3. The highest BCUT2D eigenvalue weighted by atomic mass is 19.3. The lowest BCUT2D eigenvalue weighted by atomic mass is 9.97. The van der Waals surface area contributed by atoms with E-state index in [1.165, 1.54) is 5.56 Å². The van der Waals surface area contributed by atoms with E-state index in [1.807, 2.05) is 12.1 Å². The first-order chi connectivity index (χ1) is 16.3. The Balaban J connectivity index is 1.29.